The molecule has 0 atom stereocenters. The van der Waals surface area contributed by atoms with Crippen molar-refractivity contribution in [2.24, 2.45) is 0 Å². The Morgan fingerprint density at radius 3 is 2.21 bits per heavy atom. The highest BCUT2D eigenvalue weighted by molar-refractivity contribution is 14.1. The molecule has 2 aliphatic heterocycles. The minimum absolute atomic E-state index is 0.0243. The summed E-state index contributed by atoms with van der Waals surface area (Å²) in [6, 6.07) is 29.6. The van der Waals surface area contributed by atoms with E-state index in [1.54, 1.807) is 4.90 Å². The molecule has 0 aliphatic carbocycles. The molecular formula is C33H31ClIN5O3. The Hall–Kier alpha value is -3.70. The number of benzene rings is 3. The number of rotatable bonds is 5. The van der Waals surface area contributed by atoms with Gasteiger partial charge in [0.05, 0.1) is 29.6 Å². The highest BCUT2D eigenvalue weighted by atomic mass is 127. The number of para-hydroxylation sites is 3. The molecule has 10 heteroatoms. The van der Waals surface area contributed by atoms with Crippen molar-refractivity contribution >= 4 is 68.0 Å². The normalized spacial score (nSPS) is 15.5. The van der Waals surface area contributed by atoms with Crippen LogP contribution in [0.15, 0.2) is 91.0 Å². The van der Waals surface area contributed by atoms with Crippen LogP contribution in [0.25, 0.3) is 21.9 Å². The summed E-state index contributed by atoms with van der Waals surface area (Å²) in [5.41, 5.74) is 3.57. The van der Waals surface area contributed by atoms with Crippen LogP contribution >= 0.6 is 34.2 Å². The molecule has 2 aliphatic rings. The molecule has 0 unspecified atom stereocenters. The summed E-state index contributed by atoms with van der Waals surface area (Å²) in [5, 5.41) is 1.44. The Morgan fingerprint density at radius 2 is 1.47 bits per heavy atom. The first kappa shape index (κ1) is 29.4. The molecule has 5 aromatic rings. The van der Waals surface area contributed by atoms with E-state index in [1.165, 1.54) is 0 Å². The lowest BCUT2D eigenvalue weighted by molar-refractivity contribution is 0.0905. The number of nitrogens with zero attached hydrogens (tertiary/aromatic N) is 5. The number of hydrogen-bond donors (Lipinski definition) is 0. The van der Waals surface area contributed by atoms with Gasteiger partial charge >= 0.3 is 6.09 Å². The minimum Gasteiger partial charge on any atom is -0.468 e. The average Bonchev–Trinajstić information content (AvgIpc) is 3.02. The maximum Gasteiger partial charge on any atom is 0.410 e. The summed E-state index contributed by atoms with van der Waals surface area (Å²) in [6.07, 6.45) is 1.98. The van der Waals surface area contributed by atoms with Crippen LogP contribution in [0.3, 0.4) is 0 Å². The van der Waals surface area contributed by atoms with Crippen molar-refractivity contribution in [3.63, 3.8) is 0 Å². The van der Waals surface area contributed by atoms with Crippen LogP contribution in [0, 0.1) is 0 Å². The zero-order valence-corrected chi connectivity index (χ0v) is 26.4. The fraction of sp³-hybridized carbons (Fsp3) is 0.273. The number of anilines is 1. The molecule has 7 rings (SSSR count). The first-order valence-electron chi connectivity index (χ1n) is 14.3. The molecule has 0 bridgehead atoms. The molecule has 0 radical (unpaired) electrons. The summed E-state index contributed by atoms with van der Waals surface area (Å²) >= 11 is 8.66. The topological polar surface area (TPSA) is 80.7 Å². The van der Waals surface area contributed by atoms with Gasteiger partial charge in [-0.15, -0.1) is 0 Å². The largest absolute Gasteiger partial charge is 0.468 e. The predicted molar refractivity (Wildman–Crippen MR) is 178 cm³/mol. The number of piperidine rings is 1. The average molecular weight is 708 g/mol. The molecule has 0 saturated carbocycles. The fourth-order valence-electron chi connectivity index (χ4n) is 4.97. The lowest BCUT2D eigenvalue weighted by Crippen LogP contribution is -2.54. The van der Waals surface area contributed by atoms with E-state index in [9.17, 15) is 4.79 Å². The molecule has 2 fully saturated rings. The van der Waals surface area contributed by atoms with Gasteiger partial charge in [0.2, 0.25) is 0 Å². The second kappa shape index (κ2) is 13.7. The summed E-state index contributed by atoms with van der Waals surface area (Å²) in [5.74, 6) is 1.35. The third-order valence-corrected chi connectivity index (χ3v) is 8.91. The maximum absolute atomic E-state index is 11.8. The monoisotopic (exact) mass is 707 g/mol. The number of fused-ring (bicyclic) bond motifs is 2. The second-order valence-corrected chi connectivity index (χ2v) is 12.6. The van der Waals surface area contributed by atoms with Crippen LogP contribution in [0.5, 0.6) is 5.88 Å². The number of aromatic nitrogens is 3. The van der Waals surface area contributed by atoms with Crippen molar-refractivity contribution in [3.05, 3.63) is 102 Å². The van der Waals surface area contributed by atoms with Gasteiger partial charge in [0.1, 0.15) is 18.5 Å². The summed E-state index contributed by atoms with van der Waals surface area (Å²) in [4.78, 5) is 29.3. The molecular weight excluding hydrogens is 677 g/mol. The van der Waals surface area contributed by atoms with Crippen molar-refractivity contribution in [2.45, 2.75) is 29.5 Å². The number of hydrogen-bond acceptors (Lipinski definition) is 7. The highest BCUT2D eigenvalue weighted by Crippen LogP contribution is 2.28. The first-order valence-corrected chi connectivity index (χ1v) is 15.9. The molecule has 2 saturated heterocycles. The third kappa shape index (κ3) is 7.45. The molecule has 0 spiro atoms. The van der Waals surface area contributed by atoms with Gasteiger partial charge in [0.15, 0.2) is 5.15 Å². The van der Waals surface area contributed by atoms with E-state index in [1.807, 2.05) is 78.9 Å². The van der Waals surface area contributed by atoms with Gasteiger partial charge in [0.25, 0.3) is 5.88 Å². The van der Waals surface area contributed by atoms with Crippen molar-refractivity contribution in [1.82, 2.24) is 19.9 Å². The van der Waals surface area contributed by atoms with E-state index in [4.69, 9.17) is 26.1 Å². The Labute approximate surface area is 269 Å². The fourth-order valence-corrected chi connectivity index (χ4v) is 5.70. The van der Waals surface area contributed by atoms with Gasteiger partial charge in [-0.05, 0) is 48.7 Å². The van der Waals surface area contributed by atoms with Crippen LogP contribution in [0.2, 0.25) is 5.15 Å². The number of likely N-dealkylation sites (tertiary alicyclic amines) is 1. The molecule has 8 nitrogen and oxygen atoms in total. The van der Waals surface area contributed by atoms with E-state index < -0.39 is 0 Å². The Morgan fingerprint density at radius 1 is 0.814 bits per heavy atom. The van der Waals surface area contributed by atoms with Crippen molar-refractivity contribution in [1.29, 1.82) is 0 Å². The number of alkyl halides is 1. The molecule has 43 heavy (non-hydrogen) atoms. The summed E-state index contributed by atoms with van der Waals surface area (Å²) in [7, 11) is 0. The van der Waals surface area contributed by atoms with Crippen molar-refractivity contribution in [3.8, 4) is 5.88 Å². The van der Waals surface area contributed by atoms with E-state index in [0.717, 1.165) is 72.3 Å². The first-order chi connectivity index (χ1) is 21.0. The maximum atomic E-state index is 11.8. The van der Waals surface area contributed by atoms with Crippen LogP contribution in [-0.2, 0) is 11.3 Å². The SMILES string of the molecule is Clc1nc2ccccc2nc1OC1CN(c2ccc3ccccc3n2)C1.O=C(OCc1ccccc1)N1CCC(I)CC1. The third-order valence-electron chi connectivity index (χ3n) is 7.42. The molecule has 3 aromatic carbocycles. The molecule has 220 valence electrons. The van der Waals surface area contributed by atoms with Gasteiger partial charge in [-0.3, -0.25) is 0 Å². The minimum atomic E-state index is -0.183. The van der Waals surface area contributed by atoms with Gasteiger partial charge in [-0.25, -0.2) is 19.7 Å². The zero-order chi connectivity index (χ0) is 29.6. The van der Waals surface area contributed by atoms with Crippen LogP contribution in [0.1, 0.15) is 18.4 Å². The van der Waals surface area contributed by atoms with Gasteiger partial charge in [0, 0.05) is 22.4 Å². The van der Waals surface area contributed by atoms with Gasteiger partial charge in [-0.2, -0.15) is 0 Å². The lowest BCUT2D eigenvalue weighted by atomic mass is 10.1. The Kier molecular flexibility index (Phi) is 9.38. The predicted octanol–water partition coefficient (Wildman–Crippen LogP) is 7.32. The highest BCUT2D eigenvalue weighted by Gasteiger charge is 2.31. The smallest absolute Gasteiger partial charge is 0.410 e. The Balaban J connectivity index is 0.000000168. The Bertz CT molecular complexity index is 1690. The number of halogens is 2. The zero-order valence-electron chi connectivity index (χ0n) is 23.5. The molecule has 4 heterocycles. The van der Waals surface area contributed by atoms with E-state index >= 15 is 0 Å². The standard InChI is InChI=1S/C20H15ClN4O.C13H16INO2/c21-19-20(24-17-8-4-3-7-16(17)23-19)26-14-11-25(12-14)18-10-9-13-5-1-2-6-15(13)22-18;14-12-6-8-15(9-7-12)13(16)17-10-11-4-2-1-3-5-11/h1-10,14H,11-12H2;1-5,12H,6-10H2. The van der Waals surface area contributed by atoms with Gasteiger partial charge < -0.3 is 19.3 Å². The van der Waals surface area contributed by atoms with E-state index in [2.05, 4.69) is 49.6 Å². The number of ether oxygens (including phenoxy) is 2. The summed E-state index contributed by atoms with van der Waals surface area (Å²) < 4.78 is 11.9. The molecule has 0 N–H and O–H groups in total. The number of pyridine rings is 1. The van der Waals surface area contributed by atoms with Crippen LogP contribution in [-0.4, -0.2) is 62.2 Å². The van der Waals surface area contributed by atoms with Gasteiger partial charge in [-0.1, -0.05) is 94.9 Å². The molecule has 1 amide bonds. The van der Waals surface area contributed by atoms with Crippen LogP contribution in [0.4, 0.5) is 10.6 Å². The number of carbonyl (C=O) groups excluding carboxylic acids is 1. The summed E-state index contributed by atoms with van der Waals surface area (Å²) in [6.45, 7) is 3.50. The van der Waals surface area contributed by atoms with E-state index in [-0.39, 0.29) is 12.2 Å². The quantitative estimate of drug-likeness (QED) is 0.140. The van der Waals surface area contributed by atoms with E-state index in [0.29, 0.717) is 21.6 Å². The lowest BCUT2D eigenvalue weighted by Gasteiger charge is -2.39. The molecule has 2 aromatic heterocycles. The van der Waals surface area contributed by atoms with Crippen molar-refractivity contribution in [2.75, 3.05) is 31.1 Å². The van der Waals surface area contributed by atoms with Crippen LogP contribution < -0.4 is 9.64 Å². The number of amides is 1. The number of carbonyl (C=O) groups is 1. The van der Waals surface area contributed by atoms with Crippen molar-refractivity contribution < 1.29 is 14.3 Å². The second-order valence-electron chi connectivity index (χ2n) is 10.5.